The molecule has 32 heteroatoms. The monoisotopic (exact) mass is 1630 g/mol. The van der Waals surface area contributed by atoms with E-state index in [1.54, 1.807) is 220 Å². The van der Waals surface area contributed by atoms with Gasteiger partial charge in [0.2, 0.25) is 0 Å². The van der Waals surface area contributed by atoms with E-state index < -0.39 is 52.7 Å². The normalized spacial score (nSPS) is 11.8. The molecule has 0 aliphatic carbocycles. The molecule has 30 nitrogen and oxygen atoms in total. The maximum absolute atomic E-state index is 14.4. The molecule has 0 aliphatic rings. The van der Waals surface area contributed by atoms with E-state index in [4.69, 9.17) is 15.0 Å². The SMILES string of the molecule is Cc1cccc(-n2c([C@H](C)NC(=O)c3c(C)nn4cccnc34)nc3cccc(C#Cc4cnn(C)c4)c3c2=O)c1.Cc1nn2cccnc2c1C(=O)N[C@@H](C)c1nc2cccc(C#Cc3cnn(C)c3)c2c(=O)n1-c1ccc(F)cc1.Cc1nn2cccnc2c1C(=O)N[C@@H](C)c1nc2cccc(C#Cc3cnn(C)c3)c2c(=O)n1-c1cccc(F)c1. The minimum Gasteiger partial charge on any atom is -0.342 e. The van der Waals surface area contributed by atoms with Gasteiger partial charge in [0.05, 0.1) is 120 Å². The number of hydrogen-bond donors (Lipinski definition) is 3. The first kappa shape index (κ1) is 80.0. The third kappa shape index (κ3) is 16.3. The highest BCUT2D eigenvalue weighted by Gasteiger charge is 2.30. The number of rotatable bonds is 12. The van der Waals surface area contributed by atoms with E-state index in [2.05, 4.69) is 97.0 Å². The highest BCUT2D eigenvalue weighted by molar-refractivity contribution is 6.03. The molecular formula is C91H72F2N24O6. The van der Waals surface area contributed by atoms with E-state index in [1.165, 1.54) is 60.6 Å². The van der Waals surface area contributed by atoms with Crippen LogP contribution in [0.3, 0.4) is 0 Å². The molecule has 0 saturated heterocycles. The summed E-state index contributed by atoms with van der Waals surface area (Å²) in [6, 6.07) is 37.7. The quantitative estimate of drug-likeness (QED) is 0.0957. The van der Waals surface area contributed by atoms with Crippen LogP contribution in [0.15, 0.2) is 234 Å². The maximum Gasteiger partial charge on any atom is 0.267 e. The highest BCUT2D eigenvalue weighted by atomic mass is 19.1. The van der Waals surface area contributed by atoms with E-state index in [0.29, 0.717) is 123 Å². The number of carbonyl (C=O) groups excluding carboxylic acids is 3. The Kier molecular flexibility index (Phi) is 21.9. The number of carbonyl (C=O) groups is 3. The standard InChI is InChI=1S/C31H26N8O2.2C30H23FN8O2/c1-19-8-5-10-24(16-19)39-28(21(3)34-30(40)26-20(2)36-38-15-7-14-32-29(26)38)35-25-11-6-9-23(27(25)31(39)41)13-12-22-17-33-37(4)18-22;1-18-25(28-32-13-6-14-38(28)36-18)29(40)34-19(2)27-35-24-10-4-7-21(12-11-20-16-33-37(3)17-20)26(24)30(41)39(27)23-9-5-8-22(31)15-23;1-18-25(28-32-14-5-15-38(28)36-18)29(40)34-19(2)27-35-24-7-4-6-21(9-8-20-16-33-37(3)17-20)26(24)30(41)39(27)23-12-10-22(31)11-13-23/h5-11,14-18,21H,1-4H3,(H,34,40);4-10,13-17,19H,1-3H3,(H,34,40);4-7,10-17,19H,1-3H3,(H,34,40)/t21-;2*19-/m000/s1. The fourth-order valence-electron chi connectivity index (χ4n) is 14.3. The predicted octanol–water partition coefficient (Wildman–Crippen LogP) is 10.7. The number of benzene rings is 6. The summed E-state index contributed by atoms with van der Waals surface area (Å²) in [5.41, 5.74) is 9.91. The zero-order valence-corrected chi connectivity index (χ0v) is 67.6. The third-order valence-electron chi connectivity index (χ3n) is 19.9. The number of fused-ring (bicyclic) bond motifs is 6. The minimum atomic E-state index is -0.758. The summed E-state index contributed by atoms with van der Waals surface area (Å²) in [6.45, 7) is 12.4. The molecule has 0 spiro atoms. The van der Waals surface area contributed by atoms with Crippen molar-refractivity contribution in [3.63, 3.8) is 0 Å². The number of nitrogens with one attached hydrogen (secondary N) is 3. The van der Waals surface area contributed by atoms with Crippen LogP contribution in [-0.2, 0) is 21.1 Å². The first-order valence-corrected chi connectivity index (χ1v) is 38.5. The van der Waals surface area contributed by atoms with Crippen LogP contribution in [0.25, 0.3) is 66.7 Å². The number of hydrogen-bond acceptors (Lipinski definition) is 18. The summed E-state index contributed by atoms with van der Waals surface area (Å²) in [6.07, 6.45) is 20.2. The molecule has 6 aromatic carbocycles. The van der Waals surface area contributed by atoms with Gasteiger partial charge >= 0.3 is 0 Å². The van der Waals surface area contributed by atoms with Gasteiger partial charge in [-0.25, -0.2) is 52.2 Å². The number of aromatic nitrogens is 21. The van der Waals surface area contributed by atoms with Crippen LogP contribution < -0.4 is 32.6 Å². The Morgan fingerprint density at radius 1 is 0.382 bits per heavy atom. The molecule has 18 aromatic rings. The van der Waals surface area contributed by atoms with Gasteiger partial charge in [0.25, 0.3) is 34.4 Å². The van der Waals surface area contributed by atoms with Crippen LogP contribution >= 0.6 is 0 Å². The molecule has 0 radical (unpaired) electrons. The van der Waals surface area contributed by atoms with Crippen LogP contribution in [0, 0.1) is 74.9 Å². The fourth-order valence-corrected chi connectivity index (χ4v) is 14.3. The molecule has 606 valence electrons. The van der Waals surface area contributed by atoms with Gasteiger partial charge in [-0.15, -0.1) is 0 Å². The molecule has 0 fully saturated rings. The summed E-state index contributed by atoms with van der Waals surface area (Å²) in [7, 11) is 5.41. The van der Waals surface area contributed by atoms with Crippen LogP contribution in [0.1, 0.15) is 143 Å². The molecule has 123 heavy (non-hydrogen) atoms. The van der Waals surface area contributed by atoms with Crippen LogP contribution in [0.2, 0.25) is 0 Å². The Balaban J connectivity index is 0.000000137. The second-order valence-electron chi connectivity index (χ2n) is 28.8. The molecule has 0 aliphatic heterocycles. The van der Waals surface area contributed by atoms with Crippen molar-refractivity contribution in [2.75, 3.05) is 0 Å². The number of nitrogens with zero attached hydrogens (tertiary/aromatic N) is 21. The lowest BCUT2D eigenvalue weighted by Crippen LogP contribution is -2.33. The number of aryl methyl sites for hydroxylation is 7. The predicted molar refractivity (Wildman–Crippen MR) is 455 cm³/mol. The largest absolute Gasteiger partial charge is 0.342 e. The Labute approximate surface area is 697 Å². The molecule has 12 heterocycles. The van der Waals surface area contributed by atoms with E-state index in [9.17, 15) is 37.5 Å². The topological polar surface area (TPSA) is 336 Å². The Morgan fingerprint density at radius 3 is 1.05 bits per heavy atom. The van der Waals surface area contributed by atoms with E-state index in [1.807, 2.05) is 50.5 Å². The first-order valence-electron chi connectivity index (χ1n) is 38.5. The van der Waals surface area contributed by atoms with Crippen LogP contribution in [0.5, 0.6) is 0 Å². The lowest BCUT2D eigenvalue weighted by Gasteiger charge is -2.20. The van der Waals surface area contributed by atoms with Crippen molar-refractivity contribution in [2.45, 2.75) is 66.6 Å². The molecule has 0 bridgehead atoms. The third-order valence-corrected chi connectivity index (χ3v) is 19.9. The van der Waals surface area contributed by atoms with Gasteiger partial charge < -0.3 is 16.0 Å². The Morgan fingerprint density at radius 2 is 0.715 bits per heavy atom. The van der Waals surface area contributed by atoms with Gasteiger partial charge in [0, 0.05) is 93.6 Å². The summed E-state index contributed by atoms with van der Waals surface area (Å²) in [4.78, 5) is 110. The molecule has 3 amide bonds. The van der Waals surface area contributed by atoms with Crippen molar-refractivity contribution in [1.29, 1.82) is 0 Å². The van der Waals surface area contributed by atoms with Gasteiger partial charge in [-0.3, -0.25) is 56.5 Å². The van der Waals surface area contributed by atoms with Gasteiger partial charge in [0.1, 0.15) is 45.8 Å². The van der Waals surface area contributed by atoms with Gasteiger partial charge in [-0.05, 0) is 163 Å². The van der Waals surface area contributed by atoms with Crippen LogP contribution in [-0.4, -0.2) is 120 Å². The van der Waals surface area contributed by atoms with Crippen molar-refractivity contribution in [3.8, 4) is 52.6 Å². The smallest absolute Gasteiger partial charge is 0.267 e. The Hall–Kier alpha value is -16.8. The molecule has 0 unspecified atom stereocenters. The average Bonchev–Trinajstić information content (AvgIpc) is 1.62. The summed E-state index contributed by atoms with van der Waals surface area (Å²) < 4.78 is 42.0. The fraction of sp³-hybridized carbons (Fsp3) is 0.143. The number of halogens is 2. The molecule has 12 aromatic heterocycles. The lowest BCUT2D eigenvalue weighted by atomic mass is 10.1. The van der Waals surface area contributed by atoms with Crippen molar-refractivity contribution >= 4 is 67.4 Å². The summed E-state index contributed by atoms with van der Waals surface area (Å²) in [5.74, 6) is 17.1. The van der Waals surface area contributed by atoms with Gasteiger partial charge in [-0.2, -0.15) is 30.6 Å². The van der Waals surface area contributed by atoms with Crippen molar-refractivity contribution < 1.29 is 23.2 Å². The zero-order chi connectivity index (χ0) is 86.0. The highest BCUT2D eigenvalue weighted by Crippen LogP contribution is 2.28. The number of amides is 3. The van der Waals surface area contributed by atoms with E-state index in [0.717, 1.165) is 11.1 Å². The molecule has 0 saturated carbocycles. The van der Waals surface area contributed by atoms with E-state index >= 15 is 0 Å². The second kappa shape index (κ2) is 33.7. The average molecular weight is 1640 g/mol. The summed E-state index contributed by atoms with van der Waals surface area (Å²) >= 11 is 0. The molecule has 3 N–H and O–H groups in total. The molecule has 3 atom stereocenters. The zero-order valence-electron chi connectivity index (χ0n) is 67.6. The lowest BCUT2D eigenvalue weighted by molar-refractivity contribution is 0.0930. The second-order valence-corrected chi connectivity index (χ2v) is 28.8. The van der Waals surface area contributed by atoms with Crippen molar-refractivity contribution in [1.82, 2.24) is 118 Å². The van der Waals surface area contributed by atoms with Gasteiger partial charge in [-0.1, -0.05) is 71.9 Å². The first-order chi connectivity index (χ1) is 59.4. The van der Waals surface area contributed by atoms with Gasteiger partial charge in [0.15, 0.2) is 16.9 Å². The maximum atomic E-state index is 14.4. The molecular weight excluding hydrogens is 1560 g/mol. The van der Waals surface area contributed by atoms with Crippen LogP contribution in [0.4, 0.5) is 8.78 Å². The minimum absolute atomic E-state index is 0.223. The molecule has 18 rings (SSSR count). The summed E-state index contributed by atoms with van der Waals surface area (Å²) in [5, 5.41) is 35.4. The Bertz CT molecular complexity index is 7400. The van der Waals surface area contributed by atoms with Crippen molar-refractivity contribution in [2.24, 2.45) is 21.1 Å². The van der Waals surface area contributed by atoms with Crippen molar-refractivity contribution in [3.05, 3.63) is 353 Å². The van der Waals surface area contributed by atoms with E-state index in [-0.39, 0.29) is 34.2 Å².